The van der Waals surface area contributed by atoms with Crippen molar-refractivity contribution in [1.82, 2.24) is 29.4 Å². The van der Waals surface area contributed by atoms with Gasteiger partial charge in [-0.1, -0.05) is 0 Å². The zero-order chi connectivity index (χ0) is 48.3. The summed E-state index contributed by atoms with van der Waals surface area (Å²) in [5.74, 6) is 1.55. The van der Waals surface area contributed by atoms with Gasteiger partial charge in [0.05, 0.1) is 30.4 Å². The zero-order valence-electron chi connectivity index (χ0n) is 41.6. The van der Waals surface area contributed by atoms with Crippen molar-refractivity contribution in [3.05, 3.63) is 101 Å². The number of halogens is 2. The van der Waals surface area contributed by atoms with Gasteiger partial charge in [0.25, 0.3) is 6.43 Å². The highest BCUT2D eigenvalue weighted by Gasteiger charge is 2.46. The van der Waals surface area contributed by atoms with E-state index in [9.17, 15) is 18.8 Å². The molecule has 0 saturated carbocycles. The molecule has 3 aromatic carbocycles. The van der Waals surface area contributed by atoms with Gasteiger partial charge in [0.1, 0.15) is 0 Å². The molecule has 70 heavy (non-hydrogen) atoms. The number of aromatic nitrogens is 4. The molecule has 8 heterocycles. The quantitative estimate of drug-likeness (QED) is 0.143. The van der Waals surface area contributed by atoms with Crippen LogP contribution < -0.4 is 19.6 Å². The van der Waals surface area contributed by atoms with Crippen LogP contribution in [0.5, 0.6) is 0 Å². The molecule has 0 bridgehead atoms. The molecule has 4 saturated heterocycles. The van der Waals surface area contributed by atoms with E-state index < -0.39 is 6.43 Å². The lowest BCUT2D eigenvalue weighted by Gasteiger charge is -2.44. The molecule has 12 nitrogen and oxygen atoms in total. The SMILES string of the molecule is CC(=O)N1CCc2c(c(N3CCCc4cc(-c5cnn(C)c5)c(C(F)F)cc43)nn2C2CCN(CC3CCN(c4ccc(N5CCC6(CC5)CCN(c5ccc(C#N)c(C)c5)[C@@H]6C)cc4)CC3)CC2)C1. The van der Waals surface area contributed by atoms with Crippen LogP contribution in [-0.4, -0.2) is 107 Å². The van der Waals surface area contributed by atoms with Crippen LogP contribution in [0.1, 0.15) is 111 Å². The number of aryl methyl sites for hydroxylation is 3. The lowest BCUT2D eigenvalue weighted by atomic mass is 9.73. The van der Waals surface area contributed by atoms with Crippen LogP contribution in [0, 0.1) is 29.6 Å². The summed E-state index contributed by atoms with van der Waals surface area (Å²) in [6, 6.07) is 22.4. The number of amides is 1. The molecule has 2 aromatic heterocycles. The maximum absolute atomic E-state index is 14.8. The molecule has 368 valence electrons. The minimum absolute atomic E-state index is 0.00975. The third kappa shape index (κ3) is 8.70. The normalized spacial score (nSPS) is 21.2. The summed E-state index contributed by atoms with van der Waals surface area (Å²) in [4.78, 5) is 27.2. The van der Waals surface area contributed by atoms with Crippen molar-refractivity contribution in [1.29, 1.82) is 5.26 Å². The lowest BCUT2D eigenvalue weighted by molar-refractivity contribution is -0.129. The van der Waals surface area contributed by atoms with Crippen LogP contribution >= 0.6 is 0 Å². The number of piperidine rings is 3. The fourth-order valence-corrected chi connectivity index (χ4v) is 13.3. The van der Waals surface area contributed by atoms with E-state index in [4.69, 9.17) is 5.10 Å². The van der Waals surface area contributed by atoms with E-state index in [1.54, 1.807) is 37.1 Å². The van der Waals surface area contributed by atoms with E-state index in [1.165, 1.54) is 54.9 Å². The Morgan fingerprint density at radius 1 is 0.857 bits per heavy atom. The zero-order valence-corrected chi connectivity index (χ0v) is 41.6. The average Bonchev–Trinajstić information content (AvgIpc) is 4.08. The van der Waals surface area contributed by atoms with Gasteiger partial charge >= 0.3 is 0 Å². The Bertz CT molecular complexity index is 2750. The first-order valence-electron chi connectivity index (χ1n) is 26.1. The number of carbonyl (C=O) groups is 1. The van der Waals surface area contributed by atoms with Crippen LogP contribution in [0.15, 0.2) is 67.0 Å². The van der Waals surface area contributed by atoms with Gasteiger partial charge in [0.2, 0.25) is 5.91 Å². The molecule has 6 aliphatic rings. The van der Waals surface area contributed by atoms with Crippen LogP contribution in [0.25, 0.3) is 11.1 Å². The highest BCUT2D eigenvalue weighted by atomic mass is 19.3. The lowest BCUT2D eigenvalue weighted by Crippen LogP contribution is -2.46. The minimum atomic E-state index is -2.64. The summed E-state index contributed by atoms with van der Waals surface area (Å²) in [6.45, 7) is 16.6. The Kier molecular flexibility index (Phi) is 12.6. The standard InChI is InChI=1S/C56H69F2N11O/c1-38-30-48(8-7-43(38)33-59)67-29-20-56(39(67)2)18-27-65(28-19-56)46-11-9-45(10-12-46)64-24-13-41(14-25-64)35-63-22-15-47(16-23-63)69-52-17-26-66(40(3)70)37-51(52)55(61-69)68-21-5-6-42-31-49(44-34-60-62(4)36-44)50(54(57)58)32-53(42)68/h7-12,30-32,34,36,39,41,47,54H,5-6,13-29,35,37H2,1-4H3/t39-/m1/s1. The maximum Gasteiger partial charge on any atom is 0.264 e. The average molecular weight is 950 g/mol. The largest absolute Gasteiger partial charge is 0.372 e. The number of benzene rings is 3. The Morgan fingerprint density at radius 2 is 1.56 bits per heavy atom. The van der Waals surface area contributed by atoms with Crippen molar-refractivity contribution in [3.8, 4) is 17.2 Å². The smallest absolute Gasteiger partial charge is 0.264 e. The second kappa shape index (κ2) is 19.0. The van der Waals surface area contributed by atoms with Crippen LogP contribution in [0.2, 0.25) is 0 Å². The molecule has 5 aromatic rings. The molecule has 1 spiro atoms. The molecular weight excluding hydrogens is 881 g/mol. The van der Waals surface area contributed by atoms with E-state index in [-0.39, 0.29) is 17.5 Å². The van der Waals surface area contributed by atoms with E-state index in [0.717, 1.165) is 118 Å². The van der Waals surface area contributed by atoms with Crippen molar-refractivity contribution in [2.24, 2.45) is 18.4 Å². The second-order valence-electron chi connectivity index (χ2n) is 21.5. The number of hydrogen-bond acceptors (Lipinski definition) is 9. The van der Waals surface area contributed by atoms with Crippen molar-refractivity contribution < 1.29 is 13.6 Å². The molecule has 14 heteroatoms. The number of anilines is 5. The first-order valence-corrected chi connectivity index (χ1v) is 26.1. The monoisotopic (exact) mass is 950 g/mol. The number of likely N-dealkylation sites (tertiary alicyclic amines) is 1. The van der Waals surface area contributed by atoms with Gasteiger partial charge in [-0.05, 0) is 154 Å². The van der Waals surface area contributed by atoms with Crippen LogP contribution in [0.4, 0.5) is 37.3 Å². The first-order chi connectivity index (χ1) is 33.9. The van der Waals surface area contributed by atoms with Gasteiger partial charge in [-0.2, -0.15) is 15.5 Å². The Hall–Kier alpha value is -5.94. The highest BCUT2D eigenvalue weighted by Crippen LogP contribution is 2.48. The van der Waals surface area contributed by atoms with Gasteiger partial charge in [-0.25, -0.2) is 8.78 Å². The molecule has 11 rings (SSSR count). The van der Waals surface area contributed by atoms with Crippen molar-refractivity contribution in [2.75, 3.05) is 85.0 Å². The molecule has 6 aliphatic heterocycles. The van der Waals surface area contributed by atoms with Crippen molar-refractivity contribution >= 4 is 34.5 Å². The molecule has 1 amide bonds. The molecule has 4 fully saturated rings. The van der Waals surface area contributed by atoms with E-state index in [1.807, 2.05) is 24.0 Å². The Labute approximate surface area is 412 Å². The fourth-order valence-electron chi connectivity index (χ4n) is 13.3. The predicted molar refractivity (Wildman–Crippen MR) is 273 cm³/mol. The Balaban J connectivity index is 0.694. The maximum atomic E-state index is 14.8. The number of hydrogen-bond donors (Lipinski definition) is 0. The summed E-state index contributed by atoms with van der Waals surface area (Å²) < 4.78 is 33.5. The fraction of sp³-hybridized carbons (Fsp3) is 0.536. The van der Waals surface area contributed by atoms with Gasteiger partial charge in [0, 0.05) is 143 Å². The minimum Gasteiger partial charge on any atom is -0.372 e. The highest BCUT2D eigenvalue weighted by molar-refractivity contribution is 5.78. The molecular formula is C56H69F2N11O. The topological polar surface area (TPSA) is 95.9 Å². The predicted octanol–water partition coefficient (Wildman–Crippen LogP) is 9.83. The Morgan fingerprint density at radius 3 is 2.21 bits per heavy atom. The molecule has 0 radical (unpaired) electrons. The summed E-state index contributed by atoms with van der Waals surface area (Å²) in [7, 11) is 1.80. The molecule has 0 aliphatic carbocycles. The van der Waals surface area contributed by atoms with Gasteiger partial charge in [-0.15, -0.1) is 0 Å². The number of alkyl halides is 2. The van der Waals surface area contributed by atoms with Gasteiger partial charge in [-0.3, -0.25) is 14.2 Å². The molecule has 1 atom stereocenters. The summed E-state index contributed by atoms with van der Waals surface area (Å²) in [6.07, 6.45) is 11.3. The number of rotatable bonds is 9. The number of nitrogens with zero attached hydrogens (tertiary/aromatic N) is 11. The van der Waals surface area contributed by atoms with Crippen molar-refractivity contribution in [2.45, 2.75) is 110 Å². The summed E-state index contributed by atoms with van der Waals surface area (Å²) in [5.41, 5.74) is 11.4. The molecule has 0 N–H and O–H groups in total. The number of carbonyl (C=O) groups excluding carboxylic acids is 1. The summed E-state index contributed by atoms with van der Waals surface area (Å²) in [5, 5.41) is 19.1. The van der Waals surface area contributed by atoms with E-state index >= 15 is 0 Å². The number of fused-ring (bicyclic) bond motifs is 2. The second-order valence-corrected chi connectivity index (χ2v) is 21.5. The van der Waals surface area contributed by atoms with Gasteiger partial charge < -0.3 is 29.4 Å². The third-order valence-electron chi connectivity index (χ3n) is 17.6. The number of nitriles is 1. The van der Waals surface area contributed by atoms with Crippen LogP contribution in [-0.2, 0) is 31.2 Å². The molecule has 0 unspecified atom stereocenters. The third-order valence-corrected chi connectivity index (χ3v) is 17.6. The summed E-state index contributed by atoms with van der Waals surface area (Å²) >= 11 is 0. The van der Waals surface area contributed by atoms with E-state index in [0.29, 0.717) is 48.1 Å². The van der Waals surface area contributed by atoms with Crippen molar-refractivity contribution in [3.63, 3.8) is 0 Å². The van der Waals surface area contributed by atoms with Gasteiger partial charge in [0.15, 0.2) is 5.82 Å². The van der Waals surface area contributed by atoms with E-state index in [2.05, 4.69) is 83.7 Å². The van der Waals surface area contributed by atoms with Crippen LogP contribution in [0.3, 0.4) is 0 Å². The first kappa shape index (κ1) is 46.4.